The SMILES string of the molecule is CN(C)S(=O)(=O)CCNC(=O)c1ccc(C#N)cn1. The lowest BCUT2D eigenvalue weighted by molar-refractivity contribution is 0.0951. The Labute approximate surface area is 111 Å². The molecular formula is C11H14N4O3S. The maximum Gasteiger partial charge on any atom is 0.269 e. The first-order valence-electron chi connectivity index (χ1n) is 5.41. The first-order valence-corrected chi connectivity index (χ1v) is 7.02. The van der Waals surface area contributed by atoms with Crippen molar-refractivity contribution >= 4 is 15.9 Å². The van der Waals surface area contributed by atoms with Crippen LogP contribution in [-0.4, -0.2) is 50.0 Å². The Bertz CT molecular complexity index is 587. The molecule has 1 amide bonds. The highest BCUT2D eigenvalue weighted by atomic mass is 32.2. The van der Waals surface area contributed by atoms with Crippen molar-refractivity contribution in [2.45, 2.75) is 0 Å². The van der Waals surface area contributed by atoms with E-state index in [-0.39, 0.29) is 18.0 Å². The normalized spacial score (nSPS) is 11.1. The molecule has 102 valence electrons. The number of nitrogens with zero attached hydrogens (tertiary/aromatic N) is 3. The Hall–Kier alpha value is -1.98. The van der Waals surface area contributed by atoms with Crippen LogP contribution in [0.5, 0.6) is 0 Å². The zero-order valence-corrected chi connectivity index (χ0v) is 11.4. The Kier molecular flexibility index (Phi) is 4.97. The molecule has 8 heteroatoms. The highest BCUT2D eigenvalue weighted by molar-refractivity contribution is 7.89. The van der Waals surface area contributed by atoms with Gasteiger partial charge < -0.3 is 5.32 Å². The molecule has 1 aromatic heterocycles. The van der Waals surface area contributed by atoms with Crippen LogP contribution in [0.2, 0.25) is 0 Å². The van der Waals surface area contributed by atoms with Crippen molar-refractivity contribution in [3.05, 3.63) is 29.6 Å². The molecule has 0 saturated heterocycles. The second-order valence-corrected chi connectivity index (χ2v) is 6.20. The number of carbonyl (C=O) groups excluding carboxylic acids is 1. The molecule has 1 heterocycles. The van der Waals surface area contributed by atoms with Crippen molar-refractivity contribution in [2.24, 2.45) is 0 Å². The van der Waals surface area contributed by atoms with Gasteiger partial charge in [-0.05, 0) is 12.1 Å². The van der Waals surface area contributed by atoms with Crippen LogP contribution in [0.15, 0.2) is 18.3 Å². The van der Waals surface area contributed by atoms with Gasteiger partial charge in [-0.1, -0.05) is 0 Å². The number of hydrogen-bond acceptors (Lipinski definition) is 5. The van der Waals surface area contributed by atoms with Crippen molar-refractivity contribution in [1.29, 1.82) is 5.26 Å². The summed E-state index contributed by atoms with van der Waals surface area (Å²) in [5, 5.41) is 11.0. The summed E-state index contributed by atoms with van der Waals surface area (Å²) in [6.45, 7) is 0.00102. The summed E-state index contributed by atoms with van der Waals surface area (Å²) in [5.74, 6) is -0.652. The van der Waals surface area contributed by atoms with Gasteiger partial charge in [0.15, 0.2) is 0 Å². The van der Waals surface area contributed by atoms with Crippen LogP contribution in [0.4, 0.5) is 0 Å². The molecule has 0 radical (unpaired) electrons. The van der Waals surface area contributed by atoms with E-state index in [9.17, 15) is 13.2 Å². The van der Waals surface area contributed by atoms with Gasteiger partial charge >= 0.3 is 0 Å². The number of rotatable bonds is 5. The fourth-order valence-corrected chi connectivity index (χ4v) is 1.89. The third kappa shape index (κ3) is 4.31. The van der Waals surface area contributed by atoms with E-state index in [2.05, 4.69) is 10.3 Å². The van der Waals surface area contributed by atoms with E-state index in [1.165, 1.54) is 32.4 Å². The number of amides is 1. The molecule has 7 nitrogen and oxygen atoms in total. The molecule has 0 aliphatic carbocycles. The lowest BCUT2D eigenvalue weighted by atomic mass is 10.2. The molecule has 0 bridgehead atoms. The van der Waals surface area contributed by atoms with Crippen LogP contribution < -0.4 is 5.32 Å². The van der Waals surface area contributed by atoms with Crippen molar-refractivity contribution < 1.29 is 13.2 Å². The van der Waals surface area contributed by atoms with Crippen LogP contribution in [0.25, 0.3) is 0 Å². The smallest absolute Gasteiger partial charge is 0.269 e. The van der Waals surface area contributed by atoms with E-state index in [4.69, 9.17) is 5.26 Å². The molecule has 0 spiro atoms. The number of nitriles is 1. The molecule has 0 atom stereocenters. The number of carbonyl (C=O) groups is 1. The predicted molar refractivity (Wildman–Crippen MR) is 68.8 cm³/mol. The third-order valence-corrected chi connectivity index (χ3v) is 4.16. The van der Waals surface area contributed by atoms with Gasteiger partial charge in [0.2, 0.25) is 10.0 Å². The van der Waals surface area contributed by atoms with Crippen molar-refractivity contribution in [1.82, 2.24) is 14.6 Å². The van der Waals surface area contributed by atoms with E-state index in [0.29, 0.717) is 5.56 Å². The lowest BCUT2D eigenvalue weighted by Crippen LogP contribution is -2.34. The summed E-state index contributed by atoms with van der Waals surface area (Å²) in [5.41, 5.74) is 0.494. The fourth-order valence-electron chi connectivity index (χ4n) is 1.16. The van der Waals surface area contributed by atoms with E-state index in [1.807, 2.05) is 6.07 Å². The molecule has 1 N–H and O–H groups in total. The number of hydrogen-bond donors (Lipinski definition) is 1. The summed E-state index contributed by atoms with van der Waals surface area (Å²) in [4.78, 5) is 15.4. The predicted octanol–water partition coefficient (Wildman–Crippen LogP) is -0.426. The van der Waals surface area contributed by atoms with Gasteiger partial charge in [-0.3, -0.25) is 4.79 Å². The molecule has 0 saturated carbocycles. The first-order chi connectivity index (χ1) is 8.86. The zero-order chi connectivity index (χ0) is 14.5. The number of aromatic nitrogens is 1. The zero-order valence-electron chi connectivity index (χ0n) is 10.6. The number of nitrogens with one attached hydrogen (secondary N) is 1. The molecule has 0 aromatic carbocycles. The number of sulfonamides is 1. The number of pyridine rings is 1. The summed E-state index contributed by atoms with van der Waals surface area (Å²) in [6.07, 6.45) is 1.28. The fraction of sp³-hybridized carbons (Fsp3) is 0.364. The van der Waals surface area contributed by atoms with Gasteiger partial charge in [0.05, 0.1) is 11.3 Å². The minimum atomic E-state index is -3.33. The first kappa shape index (κ1) is 15.1. The average Bonchev–Trinajstić information content (AvgIpc) is 2.38. The van der Waals surface area contributed by atoms with E-state index < -0.39 is 15.9 Å². The Balaban J connectivity index is 2.55. The molecular weight excluding hydrogens is 268 g/mol. The summed E-state index contributed by atoms with van der Waals surface area (Å²) in [6, 6.07) is 4.77. The second kappa shape index (κ2) is 6.26. The molecule has 0 unspecified atom stereocenters. The Morgan fingerprint density at radius 2 is 2.16 bits per heavy atom. The van der Waals surface area contributed by atoms with Gasteiger partial charge in [0.1, 0.15) is 11.8 Å². The maximum absolute atomic E-state index is 11.6. The Morgan fingerprint density at radius 1 is 1.47 bits per heavy atom. The molecule has 1 aromatic rings. The molecule has 1 rings (SSSR count). The van der Waals surface area contributed by atoms with Gasteiger partial charge in [0, 0.05) is 26.8 Å². The third-order valence-electron chi connectivity index (χ3n) is 2.33. The van der Waals surface area contributed by atoms with Crippen molar-refractivity contribution in [3.63, 3.8) is 0 Å². The van der Waals surface area contributed by atoms with E-state index >= 15 is 0 Å². The molecule has 0 fully saturated rings. The highest BCUT2D eigenvalue weighted by Gasteiger charge is 2.14. The van der Waals surface area contributed by atoms with Gasteiger partial charge in [-0.15, -0.1) is 0 Å². The van der Waals surface area contributed by atoms with Gasteiger partial charge in [-0.25, -0.2) is 17.7 Å². The largest absolute Gasteiger partial charge is 0.350 e. The molecule has 19 heavy (non-hydrogen) atoms. The second-order valence-electron chi connectivity index (χ2n) is 3.90. The minimum absolute atomic E-state index is 0.00102. The van der Waals surface area contributed by atoms with Crippen LogP contribution in [-0.2, 0) is 10.0 Å². The molecule has 0 aliphatic rings. The summed E-state index contributed by atoms with van der Waals surface area (Å²) in [7, 11) is -0.472. The summed E-state index contributed by atoms with van der Waals surface area (Å²) >= 11 is 0. The van der Waals surface area contributed by atoms with Crippen LogP contribution in [0.1, 0.15) is 16.1 Å². The van der Waals surface area contributed by atoms with Crippen molar-refractivity contribution in [3.8, 4) is 6.07 Å². The Morgan fingerprint density at radius 3 is 2.63 bits per heavy atom. The average molecular weight is 282 g/mol. The highest BCUT2D eigenvalue weighted by Crippen LogP contribution is 1.99. The van der Waals surface area contributed by atoms with Crippen LogP contribution in [0, 0.1) is 11.3 Å². The topological polar surface area (TPSA) is 103 Å². The molecule has 0 aliphatic heterocycles. The van der Waals surface area contributed by atoms with Gasteiger partial charge in [0.25, 0.3) is 5.91 Å². The van der Waals surface area contributed by atoms with E-state index in [0.717, 1.165) is 4.31 Å². The van der Waals surface area contributed by atoms with Crippen molar-refractivity contribution in [2.75, 3.05) is 26.4 Å². The van der Waals surface area contributed by atoms with Crippen LogP contribution in [0.3, 0.4) is 0 Å². The van der Waals surface area contributed by atoms with Gasteiger partial charge in [-0.2, -0.15) is 5.26 Å². The minimum Gasteiger partial charge on any atom is -0.350 e. The van der Waals surface area contributed by atoms with E-state index in [1.54, 1.807) is 0 Å². The van der Waals surface area contributed by atoms with Crippen LogP contribution >= 0.6 is 0 Å². The monoisotopic (exact) mass is 282 g/mol. The summed E-state index contributed by atoms with van der Waals surface area (Å²) < 4.78 is 24.0. The standard InChI is InChI=1S/C11H14N4O3S/c1-15(2)19(17,18)6-5-13-11(16)10-4-3-9(7-12)8-14-10/h3-4,8H,5-6H2,1-2H3,(H,13,16). The quantitative estimate of drug-likeness (QED) is 0.789. The lowest BCUT2D eigenvalue weighted by Gasteiger charge is -2.11. The maximum atomic E-state index is 11.6.